The average Bonchev–Trinajstić information content (AvgIpc) is 3.14. The molecule has 0 radical (unpaired) electrons. The molecule has 0 bridgehead atoms. The van der Waals surface area contributed by atoms with Gasteiger partial charge in [-0.25, -0.2) is 4.98 Å². The zero-order valence-electron chi connectivity index (χ0n) is 16.8. The van der Waals surface area contributed by atoms with E-state index in [1.807, 2.05) is 37.3 Å². The lowest BCUT2D eigenvalue weighted by atomic mass is 10.1. The molecule has 1 fully saturated rings. The van der Waals surface area contributed by atoms with Gasteiger partial charge in [0.25, 0.3) is 11.5 Å². The van der Waals surface area contributed by atoms with Crippen LogP contribution in [0.1, 0.15) is 21.6 Å². The van der Waals surface area contributed by atoms with E-state index in [1.165, 1.54) is 4.52 Å². The Balaban J connectivity index is 1.54. The number of anilines is 1. The summed E-state index contributed by atoms with van der Waals surface area (Å²) in [6.45, 7) is 5.73. The van der Waals surface area contributed by atoms with E-state index in [2.05, 4.69) is 32.2 Å². The fourth-order valence-corrected chi connectivity index (χ4v) is 3.73. The van der Waals surface area contributed by atoms with E-state index in [-0.39, 0.29) is 11.5 Å². The highest BCUT2D eigenvalue weighted by Gasteiger charge is 2.23. The molecule has 152 valence electrons. The minimum Gasteiger partial charge on any atom is -0.363 e. The molecule has 2 N–H and O–H groups in total. The van der Waals surface area contributed by atoms with E-state index in [9.17, 15) is 9.59 Å². The van der Waals surface area contributed by atoms with Crippen LogP contribution < -0.4 is 15.8 Å². The van der Waals surface area contributed by atoms with Crippen LogP contribution in [0.3, 0.4) is 0 Å². The van der Waals surface area contributed by atoms with Gasteiger partial charge in [0.15, 0.2) is 5.65 Å². The molecule has 2 aromatic heterocycles. The van der Waals surface area contributed by atoms with Crippen molar-refractivity contribution in [2.24, 2.45) is 0 Å². The molecule has 0 aliphatic carbocycles. The van der Waals surface area contributed by atoms with Gasteiger partial charge in [0.1, 0.15) is 11.3 Å². The Hall–Kier alpha value is -3.13. The van der Waals surface area contributed by atoms with E-state index in [0.717, 1.165) is 38.2 Å². The second-order valence-corrected chi connectivity index (χ2v) is 7.48. The molecular weight excluding hydrogens is 368 g/mol. The molecule has 3 heterocycles. The quantitative estimate of drug-likeness (QED) is 0.676. The van der Waals surface area contributed by atoms with Crippen molar-refractivity contribution >= 4 is 17.2 Å². The van der Waals surface area contributed by atoms with E-state index >= 15 is 0 Å². The number of likely N-dealkylation sites (N-methyl/N-ethyl adjacent to an activating group) is 1. The molecule has 8 nitrogen and oxygen atoms in total. The molecule has 0 spiro atoms. The van der Waals surface area contributed by atoms with Gasteiger partial charge in [-0.2, -0.15) is 4.52 Å². The highest BCUT2D eigenvalue weighted by atomic mass is 16.2. The van der Waals surface area contributed by atoms with E-state index in [0.29, 0.717) is 29.1 Å². The summed E-state index contributed by atoms with van der Waals surface area (Å²) in [5, 5.41) is 5.82. The van der Waals surface area contributed by atoms with Gasteiger partial charge >= 0.3 is 0 Å². The summed E-state index contributed by atoms with van der Waals surface area (Å²) in [7, 11) is 2.08. The maximum absolute atomic E-state index is 13.1. The van der Waals surface area contributed by atoms with Crippen molar-refractivity contribution in [3.05, 3.63) is 63.7 Å². The molecule has 0 unspecified atom stereocenters. The predicted molar refractivity (Wildman–Crippen MR) is 113 cm³/mol. The number of aryl methyl sites for hydroxylation is 1. The van der Waals surface area contributed by atoms with Gasteiger partial charge in [-0.3, -0.25) is 14.7 Å². The van der Waals surface area contributed by atoms with Crippen LogP contribution in [0.25, 0.3) is 5.65 Å². The van der Waals surface area contributed by atoms with E-state index < -0.39 is 0 Å². The van der Waals surface area contributed by atoms with Crippen LogP contribution in [0.2, 0.25) is 0 Å². The maximum atomic E-state index is 13.1. The van der Waals surface area contributed by atoms with Crippen LogP contribution in [0.15, 0.2) is 41.3 Å². The van der Waals surface area contributed by atoms with Crippen molar-refractivity contribution in [2.75, 3.05) is 44.7 Å². The number of benzene rings is 1. The summed E-state index contributed by atoms with van der Waals surface area (Å²) in [6, 6.07) is 9.99. The minimum absolute atomic E-state index is 0.166. The SMILES string of the molecule is Cc1nc2c(C(=O)NCCc3ccccc3)c[nH]n2c(=O)c1N1CCN(C)CC1. The number of carbonyl (C=O) groups excluding carboxylic acids is 1. The number of hydrogen-bond acceptors (Lipinski definition) is 5. The third-order valence-electron chi connectivity index (χ3n) is 5.42. The number of aromatic amines is 1. The van der Waals surface area contributed by atoms with Gasteiger partial charge < -0.3 is 15.1 Å². The zero-order chi connectivity index (χ0) is 20.4. The molecule has 3 aromatic rings. The molecular formula is C21H26N6O2. The lowest BCUT2D eigenvalue weighted by Crippen LogP contribution is -2.47. The molecule has 0 atom stereocenters. The van der Waals surface area contributed by atoms with Crippen molar-refractivity contribution in [3.8, 4) is 0 Å². The summed E-state index contributed by atoms with van der Waals surface area (Å²) in [5.74, 6) is -0.238. The van der Waals surface area contributed by atoms with Crippen LogP contribution in [0.5, 0.6) is 0 Å². The molecule has 0 saturated carbocycles. The number of rotatable bonds is 5. The van der Waals surface area contributed by atoms with Crippen molar-refractivity contribution < 1.29 is 4.79 Å². The second-order valence-electron chi connectivity index (χ2n) is 7.48. The fourth-order valence-electron chi connectivity index (χ4n) is 3.73. The van der Waals surface area contributed by atoms with E-state index in [1.54, 1.807) is 6.20 Å². The summed E-state index contributed by atoms with van der Waals surface area (Å²) in [5.41, 5.74) is 2.99. The van der Waals surface area contributed by atoms with Gasteiger partial charge in [0.2, 0.25) is 0 Å². The monoisotopic (exact) mass is 394 g/mol. The Bertz CT molecular complexity index is 1060. The summed E-state index contributed by atoms with van der Waals surface area (Å²) < 4.78 is 1.37. The molecule has 4 rings (SSSR count). The molecule has 1 aliphatic heterocycles. The van der Waals surface area contributed by atoms with Crippen molar-refractivity contribution in [1.29, 1.82) is 0 Å². The molecule has 29 heavy (non-hydrogen) atoms. The topological polar surface area (TPSA) is 85.7 Å². The lowest BCUT2D eigenvalue weighted by Gasteiger charge is -2.33. The van der Waals surface area contributed by atoms with Crippen molar-refractivity contribution in [2.45, 2.75) is 13.3 Å². The first kappa shape index (κ1) is 19.2. The van der Waals surface area contributed by atoms with Crippen LogP contribution in [-0.4, -0.2) is 65.2 Å². The van der Waals surface area contributed by atoms with Crippen LogP contribution >= 0.6 is 0 Å². The number of carbonyl (C=O) groups is 1. The standard InChI is InChI=1S/C21H26N6O2/c1-15-18(26-12-10-25(2)11-13-26)21(29)27-19(24-15)17(14-23-27)20(28)22-9-8-16-6-4-3-5-7-16/h3-7,14,23H,8-13H2,1-2H3,(H,22,28). The number of piperazine rings is 1. The number of nitrogens with zero attached hydrogens (tertiary/aromatic N) is 4. The number of fused-ring (bicyclic) bond motifs is 1. The molecule has 1 amide bonds. The van der Waals surface area contributed by atoms with Crippen LogP contribution in [0.4, 0.5) is 5.69 Å². The third-order valence-corrected chi connectivity index (χ3v) is 5.42. The van der Waals surface area contributed by atoms with Gasteiger partial charge in [0, 0.05) is 38.9 Å². The highest BCUT2D eigenvalue weighted by molar-refractivity contribution is 5.99. The second kappa shape index (κ2) is 8.08. The fraction of sp³-hybridized carbons (Fsp3) is 0.381. The Morgan fingerprint density at radius 2 is 1.90 bits per heavy atom. The normalized spacial score (nSPS) is 15.0. The van der Waals surface area contributed by atoms with Gasteiger partial charge in [0.05, 0.1) is 5.69 Å². The summed E-state index contributed by atoms with van der Waals surface area (Å²) >= 11 is 0. The van der Waals surface area contributed by atoms with Gasteiger partial charge in [-0.1, -0.05) is 30.3 Å². The summed E-state index contributed by atoms with van der Waals surface area (Å²) in [6.07, 6.45) is 2.30. The smallest absolute Gasteiger partial charge is 0.296 e. The van der Waals surface area contributed by atoms with Crippen LogP contribution in [0, 0.1) is 6.92 Å². The molecule has 1 aromatic carbocycles. The Kier molecular flexibility index (Phi) is 5.35. The number of H-pyrrole nitrogens is 1. The number of aromatic nitrogens is 3. The Labute approximate surface area is 169 Å². The molecule has 1 aliphatic rings. The largest absolute Gasteiger partial charge is 0.363 e. The zero-order valence-corrected chi connectivity index (χ0v) is 16.8. The number of nitrogens with one attached hydrogen (secondary N) is 2. The first-order valence-corrected chi connectivity index (χ1v) is 9.91. The average molecular weight is 394 g/mol. The van der Waals surface area contributed by atoms with Crippen LogP contribution in [-0.2, 0) is 6.42 Å². The Morgan fingerprint density at radius 1 is 1.17 bits per heavy atom. The molecule has 1 saturated heterocycles. The van der Waals surface area contributed by atoms with Gasteiger partial charge in [-0.15, -0.1) is 0 Å². The minimum atomic E-state index is -0.238. The van der Waals surface area contributed by atoms with E-state index in [4.69, 9.17) is 0 Å². The molecule has 8 heteroatoms. The summed E-state index contributed by atoms with van der Waals surface area (Å²) in [4.78, 5) is 34.6. The third kappa shape index (κ3) is 3.88. The van der Waals surface area contributed by atoms with Crippen molar-refractivity contribution in [3.63, 3.8) is 0 Å². The highest BCUT2D eigenvalue weighted by Crippen LogP contribution is 2.17. The Morgan fingerprint density at radius 3 is 2.62 bits per heavy atom. The first-order chi connectivity index (χ1) is 14.0. The van der Waals surface area contributed by atoms with Crippen molar-refractivity contribution in [1.82, 2.24) is 24.8 Å². The van der Waals surface area contributed by atoms with Gasteiger partial charge in [-0.05, 0) is 26.0 Å². The number of hydrogen-bond donors (Lipinski definition) is 2. The lowest BCUT2D eigenvalue weighted by molar-refractivity contribution is 0.0955. The number of amides is 1. The maximum Gasteiger partial charge on any atom is 0.296 e. The predicted octanol–water partition coefficient (Wildman–Crippen LogP) is 1.06. The first-order valence-electron chi connectivity index (χ1n) is 9.91.